The van der Waals surface area contributed by atoms with E-state index in [-0.39, 0.29) is 68.6 Å². The molecule has 0 saturated carbocycles. The lowest BCUT2D eigenvalue weighted by Gasteiger charge is -2.41. The Kier molecular flexibility index (Phi) is 33.8. The molecule has 28 heteroatoms. The molecular formula is C64H112F3N11O14. The molecule has 0 aromatic heterocycles. The highest BCUT2D eigenvalue weighted by atomic mass is 19.4. The maximum atomic E-state index is 15.2. The van der Waals surface area contributed by atoms with E-state index in [1.165, 1.54) is 84.8 Å². The largest absolute Gasteiger partial charge is 0.456 e. The summed E-state index contributed by atoms with van der Waals surface area (Å²) in [5, 5.41) is 23.0. The number of hydrogen-bond acceptors (Lipinski definition) is 14. The molecule has 11 amide bonds. The first-order valence-corrected chi connectivity index (χ1v) is 32.2. The smallest absolute Gasteiger partial charge is 0.422 e. The van der Waals surface area contributed by atoms with Crippen LogP contribution in [0.5, 0.6) is 0 Å². The summed E-state index contributed by atoms with van der Waals surface area (Å²) in [5.74, 6) is -12.6. The molecule has 528 valence electrons. The summed E-state index contributed by atoms with van der Waals surface area (Å²) < 4.78 is 42.9. The molecule has 0 radical (unpaired) electrons. The number of aliphatic hydroxyl groups is 1. The van der Waals surface area contributed by atoms with Crippen LogP contribution in [0.3, 0.4) is 0 Å². The highest BCUT2D eigenvalue weighted by Gasteiger charge is 2.46. The number of esters is 1. The second-order valence-electron chi connectivity index (χ2n) is 27.5. The number of carbonyl (C=O) groups is 12. The lowest BCUT2D eigenvalue weighted by molar-refractivity contribution is -0.186. The van der Waals surface area contributed by atoms with Crippen LogP contribution in [0.15, 0.2) is 0 Å². The number of nitrogens with one attached hydrogen (secondary N) is 4. The molecule has 0 aromatic rings. The monoisotopic (exact) mass is 1320 g/mol. The molecule has 1 heterocycles. The van der Waals surface area contributed by atoms with Crippen molar-refractivity contribution in [1.82, 2.24) is 55.6 Å². The van der Waals surface area contributed by atoms with Crippen molar-refractivity contribution >= 4 is 70.9 Å². The van der Waals surface area contributed by atoms with Gasteiger partial charge in [0, 0.05) is 55.8 Å². The van der Waals surface area contributed by atoms with Gasteiger partial charge in [-0.2, -0.15) is 13.2 Å². The van der Waals surface area contributed by atoms with Crippen molar-refractivity contribution in [2.45, 2.75) is 235 Å². The summed E-state index contributed by atoms with van der Waals surface area (Å²) in [6.45, 7) is 24.6. The van der Waals surface area contributed by atoms with Crippen molar-refractivity contribution in [3.63, 3.8) is 0 Å². The van der Waals surface area contributed by atoms with E-state index in [0.29, 0.717) is 0 Å². The summed E-state index contributed by atoms with van der Waals surface area (Å²) in [6, 6.07) is -13.3. The van der Waals surface area contributed by atoms with Gasteiger partial charge in [0.05, 0.1) is 12.6 Å². The SMILES string of the molecule is CC[C@@H]1NC(=O)[C@H]([C@H](O)[C@H](C)CCCC(=O)OCC(F)(F)F)N(C)C(=O)[C@H](C(C)C)N(C)C(=O)[C@H](CC(C)C)N(C)C(=O)[C@H](CC(C)C)N(C)C(=O)[C@@H](C)NC(=O)[C@H](C)NC(=O)[C@H](CC(C)C)N(C)C(=O)[C@H](C(C)C)NC(=O)[C@H](CC(C)C)N(C)C(=O)CN(C)C1=O. The van der Waals surface area contributed by atoms with Gasteiger partial charge in [0.2, 0.25) is 65.0 Å². The van der Waals surface area contributed by atoms with Crippen molar-refractivity contribution in [1.29, 1.82) is 0 Å². The molecule has 1 saturated heterocycles. The number of nitrogens with zero attached hydrogens (tertiary/aromatic N) is 7. The molecule has 1 aliphatic heterocycles. The number of carbonyl (C=O) groups excluding carboxylic acids is 12. The van der Waals surface area contributed by atoms with Crippen molar-refractivity contribution in [2.24, 2.45) is 41.4 Å². The lowest BCUT2D eigenvalue weighted by Crippen LogP contribution is -2.63. The summed E-state index contributed by atoms with van der Waals surface area (Å²) >= 11 is 0. The number of rotatable bonds is 18. The van der Waals surface area contributed by atoms with Gasteiger partial charge in [-0.05, 0) is 100 Å². The molecule has 25 nitrogen and oxygen atoms in total. The van der Waals surface area contributed by atoms with Gasteiger partial charge in [-0.1, -0.05) is 96.9 Å². The molecule has 0 unspecified atom stereocenters. The minimum Gasteiger partial charge on any atom is -0.456 e. The molecule has 1 fully saturated rings. The van der Waals surface area contributed by atoms with E-state index in [9.17, 15) is 66.2 Å². The van der Waals surface area contributed by atoms with Crippen molar-refractivity contribution < 1.29 is 80.5 Å². The predicted molar refractivity (Wildman–Crippen MR) is 340 cm³/mol. The molecule has 1 rings (SSSR count). The predicted octanol–water partition coefficient (Wildman–Crippen LogP) is 3.58. The fraction of sp³-hybridized carbons (Fsp3) is 0.812. The van der Waals surface area contributed by atoms with Gasteiger partial charge in [-0.25, -0.2) is 0 Å². The minimum absolute atomic E-state index is 0.0595. The zero-order valence-electron chi connectivity index (χ0n) is 59.0. The average molecular weight is 1320 g/mol. The van der Waals surface area contributed by atoms with E-state index >= 15 is 9.59 Å². The minimum atomic E-state index is -4.78. The average Bonchev–Trinajstić information content (AvgIpc) is 0.816. The maximum Gasteiger partial charge on any atom is 0.422 e. The van der Waals surface area contributed by atoms with E-state index < -0.39 is 181 Å². The molecule has 0 spiro atoms. The third-order valence-corrected chi connectivity index (χ3v) is 16.8. The van der Waals surface area contributed by atoms with E-state index in [2.05, 4.69) is 26.0 Å². The second kappa shape index (κ2) is 37.3. The number of amides is 11. The number of halogens is 3. The highest BCUT2D eigenvalue weighted by molar-refractivity contribution is 5.99. The topological polar surface area (TPSA) is 305 Å². The van der Waals surface area contributed by atoms with Crippen LogP contribution in [0.25, 0.3) is 0 Å². The molecule has 1 aliphatic rings. The summed E-state index contributed by atoms with van der Waals surface area (Å²) in [4.78, 5) is 181. The molecule has 0 bridgehead atoms. The van der Waals surface area contributed by atoms with Crippen LogP contribution in [0.4, 0.5) is 13.2 Å². The number of aliphatic hydroxyl groups excluding tert-OH is 1. The van der Waals surface area contributed by atoms with Crippen LogP contribution in [0, 0.1) is 41.4 Å². The summed E-state index contributed by atoms with van der Waals surface area (Å²) in [5.41, 5.74) is 0. The fourth-order valence-electron chi connectivity index (χ4n) is 11.2. The van der Waals surface area contributed by atoms with Gasteiger partial charge in [-0.3, -0.25) is 57.5 Å². The third kappa shape index (κ3) is 24.7. The van der Waals surface area contributed by atoms with Crippen molar-refractivity contribution in [2.75, 3.05) is 62.5 Å². The van der Waals surface area contributed by atoms with E-state index in [1.54, 1.807) is 34.6 Å². The van der Waals surface area contributed by atoms with E-state index in [0.717, 1.165) is 19.6 Å². The van der Waals surface area contributed by atoms with Crippen LogP contribution >= 0.6 is 0 Å². The molecular weight excluding hydrogens is 1200 g/mol. The lowest BCUT2D eigenvalue weighted by atomic mass is 9.90. The zero-order valence-corrected chi connectivity index (χ0v) is 59.0. The van der Waals surface area contributed by atoms with Crippen molar-refractivity contribution in [3.05, 3.63) is 0 Å². The molecule has 5 N–H and O–H groups in total. The van der Waals surface area contributed by atoms with Gasteiger partial charge in [0.1, 0.15) is 60.4 Å². The first-order valence-electron chi connectivity index (χ1n) is 32.2. The fourth-order valence-corrected chi connectivity index (χ4v) is 11.2. The molecule has 92 heavy (non-hydrogen) atoms. The Balaban J connectivity index is 4.34. The summed E-state index contributed by atoms with van der Waals surface area (Å²) in [6.07, 6.45) is -7.01. The van der Waals surface area contributed by atoms with Crippen LogP contribution in [0.2, 0.25) is 0 Å². The van der Waals surface area contributed by atoms with Crippen LogP contribution < -0.4 is 21.3 Å². The molecule has 0 aliphatic carbocycles. The normalized spacial score (nSPS) is 25.8. The number of likely N-dealkylation sites (N-methyl/N-ethyl adjacent to an activating group) is 7. The quantitative estimate of drug-likeness (QED) is 0.123. The van der Waals surface area contributed by atoms with Crippen LogP contribution in [-0.2, 0) is 62.3 Å². The first-order chi connectivity index (χ1) is 42.2. The summed E-state index contributed by atoms with van der Waals surface area (Å²) in [7, 11) is 9.40. The Morgan fingerprint density at radius 2 is 0.935 bits per heavy atom. The van der Waals surface area contributed by atoms with E-state index in [4.69, 9.17) is 0 Å². The Labute approximate surface area is 544 Å². The Morgan fingerprint density at radius 3 is 1.39 bits per heavy atom. The van der Waals surface area contributed by atoms with Crippen LogP contribution in [-0.4, -0.2) is 246 Å². The Bertz CT molecular complexity index is 2530. The van der Waals surface area contributed by atoms with Gasteiger partial charge < -0.3 is 65.4 Å². The second-order valence-corrected chi connectivity index (χ2v) is 27.5. The third-order valence-electron chi connectivity index (χ3n) is 16.8. The zero-order chi connectivity index (χ0) is 71.5. The van der Waals surface area contributed by atoms with Crippen LogP contribution in [0.1, 0.15) is 162 Å². The van der Waals surface area contributed by atoms with Gasteiger partial charge >= 0.3 is 12.1 Å². The number of alkyl halides is 3. The highest BCUT2D eigenvalue weighted by Crippen LogP contribution is 2.27. The number of hydrogen-bond donors (Lipinski definition) is 5. The molecule has 12 atom stereocenters. The number of ether oxygens (including phenoxy) is 1. The van der Waals surface area contributed by atoms with Crippen molar-refractivity contribution in [3.8, 4) is 0 Å². The van der Waals surface area contributed by atoms with Gasteiger partial charge in [0.15, 0.2) is 6.61 Å². The standard InChI is InChI=1S/C64H112F3N11O14/c1-24-43-59(87)72(17)32-48(79)73(18)44(28-34(2)3)56(84)71-50(38(10)11)62(90)74(19)45(29-35(4)5)55(83)68-41(15)54(82)69-42(16)58(86)75(20)46(30-36(6)7)60(88)76(21)47(31-37(8)9)61(89)77(22)51(39(12)13)63(91)78(23)52(57(85)70-43)53(81)40(14)26-25-27-49(80)92-33-64(65,66)67/h34-47,50-53,81H,24-33H2,1-23H3,(H,68,83)(H,69,82)(H,70,85)(H,71,84)/t40-,41+,42-,43+,44+,45+,46+,47+,50+,51+,52+,53-/m1/s1. The Hall–Kier alpha value is -6.61. The van der Waals surface area contributed by atoms with E-state index in [1.807, 2.05) is 55.4 Å². The van der Waals surface area contributed by atoms with Gasteiger partial charge in [-0.15, -0.1) is 0 Å². The first kappa shape index (κ1) is 83.4. The molecule has 0 aromatic carbocycles. The maximum absolute atomic E-state index is 15.2. The van der Waals surface area contributed by atoms with Gasteiger partial charge in [0.25, 0.3) is 0 Å². The Morgan fingerprint density at radius 1 is 0.511 bits per heavy atom.